The zero-order valence-corrected chi connectivity index (χ0v) is 14.0. The topological polar surface area (TPSA) is 81.4 Å². The molecule has 1 aliphatic heterocycles. The molecule has 1 unspecified atom stereocenters. The van der Waals surface area contributed by atoms with Crippen molar-refractivity contribution in [2.45, 2.75) is 19.5 Å². The highest BCUT2D eigenvalue weighted by atomic mass is 35.5. The lowest BCUT2D eigenvalue weighted by Crippen LogP contribution is -2.32. The minimum atomic E-state index is -4.55. The zero-order valence-electron chi connectivity index (χ0n) is 13.2. The molecule has 0 spiro atoms. The number of nitriles is 1. The largest absolute Gasteiger partial charge is 0.417 e. The van der Waals surface area contributed by atoms with Crippen LogP contribution in [0.3, 0.4) is 0 Å². The minimum absolute atomic E-state index is 0.0189. The van der Waals surface area contributed by atoms with Crippen LogP contribution < -0.4 is 10.3 Å². The molecule has 1 aromatic heterocycles. The van der Waals surface area contributed by atoms with E-state index >= 15 is 0 Å². The summed E-state index contributed by atoms with van der Waals surface area (Å²) in [7, 11) is 1.45. The first kappa shape index (κ1) is 18.7. The quantitative estimate of drug-likeness (QED) is 0.654. The van der Waals surface area contributed by atoms with Crippen LogP contribution in [0.5, 0.6) is 0 Å². The van der Waals surface area contributed by atoms with Gasteiger partial charge in [0, 0.05) is 37.5 Å². The molecule has 1 aromatic rings. The summed E-state index contributed by atoms with van der Waals surface area (Å²) >= 11 is 5.85. The minimum Gasteiger partial charge on any atom is -0.329 e. The number of allylic oxidation sites excluding steroid dienone is 2. The summed E-state index contributed by atoms with van der Waals surface area (Å²) in [6.07, 6.45) is -2.47. The first-order valence-corrected chi connectivity index (χ1v) is 7.42. The summed E-state index contributed by atoms with van der Waals surface area (Å²) in [6.45, 7) is 1.61. The fourth-order valence-corrected chi connectivity index (χ4v) is 2.55. The van der Waals surface area contributed by atoms with Crippen molar-refractivity contribution < 1.29 is 18.0 Å². The number of hydrazone groups is 1. The van der Waals surface area contributed by atoms with Gasteiger partial charge in [0.1, 0.15) is 0 Å². The SMILES string of the molecule is CC1=C(C#N)C(C=NN(C)c2ncc(C(F)(F)F)cc2Cl)CC(=O)N1. The molecule has 132 valence electrons. The molecule has 0 aliphatic carbocycles. The van der Waals surface area contributed by atoms with Crippen molar-refractivity contribution in [3.8, 4) is 6.07 Å². The van der Waals surface area contributed by atoms with Crippen molar-refractivity contribution in [3.05, 3.63) is 34.1 Å². The fourth-order valence-electron chi connectivity index (χ4n) is 2.26. The molecule has 0 radical (unpaired) electrons. The van der Waals surface area contributed by atoms with Crippen LogP contribution in [0, 0.1) is 17.2 Å². The van der Waals surface area contributed by atoms with Crippen LogP contribution in [0.25, 0.3) is 0 Å². The van der Waals surface area contributed by atoms with E-state index < -0.39 is 17.7 Å². The molecule has 0 aromatic carbocycles. The standard InChI is InChI=1S/C15H13ClF3N5O/c1-8-11(5-20)9(3-13(25)23-8)6-22-24(2)14-12(16)4-10(7-21-14)15(17,18)19/h4,6-7,9H,3H2,1-2H3,(H,23,25). The molecule has 25 heavy (non-hydrogen) atoms. The second-order valence-corrected chi connectivity index (χ2v) is 5.73. The number of nitrogens with zero attached hydrogens (tertiary/aromatic N) is 4. The van der Waals surface area contributed by atoms with Gasteiger partial charge in [-0.15, -0.1) is 0 Å². The highest BCUT2D eigenvalue weighted by molar-refractivity contribution is 6.33. The third-order valence-electron chi connectivity index (χ3n) is 3.50. The van der Waals surface area contributed by atoms with Crippen molar-refractivity contribution in [1.82, 2.24) is 10.3 Å². The molecule has 2 heterocycles. The summed E-state index contributed by atoms with van der Waals surface area (Å²) in [5.41, 5.74) is -0.153. The smallest absolute Gasteiger partial charge is 0.329 e. The average Bonchev–Trinajstić information content (AvgIpc) is 2.51. The Bertz CT molecular complexity index is 797. The third kappa shape index (κ3) is 4.28. The zero-order chi connectivity index (χ0) is 18.8. The number of amides is 1. The highest BCUT2D eigenvalue weighted by Gasteiger charge is 2.32. The maximum absolute atomic E-state index is 12.6. The molecule has 1 atom stereocenters. The van der Waals surface area contributed by atoms with Crippen LogP contribution in [-0.4, -0.2) is 24.2 Å². The van der Waals surface area contributed by atoms with Crippen LogP contribution in [0.2, 0.25) is 5.02 Å². The Hall–Kier alpha value is -2.60. The number of alkyl halides is 3. The van der Waals surface area contributed by atoms with E-state index in [1.807, 2.05) is 6.07 Å². The average molecular weight is 372 g/mol. The van der Waals surface area contributed by atoms with Gasteiger partial charge in [-0.1, -0.05) is 11.6 Å². The van der Waals surface area contributed by atoms with E-state index in [4.69, 9.17) is 11.6 Å². The van der Waals surface area contributed by atoms with E-state index in [0.29, 0.717) is 17.5 Å². The van der Waals surface area contributed by atoms with Crippen LogP contribution in [-0.2, 0) is 11.0 Å². The number of halogens is 4. The molecular formula is C15H13ClF3N5O. The molecule has 6 nitrogen and oxygen atoms in total. The Labute approximate surface area is 146 Å². The Morgan fingerprint density at radius 3 is 2.80 bits per heavy atom. The van der Waals surface area contributed by atoms with E-state index in [-0.39, 0.29) is 23.2 Å². The van der Waals surface area contributed by atoms with Gasteiger partial charge in [-0.25, -0.2) is 4.98 Å². The summed E-state index contributed by atoms with van der Waals surface area (Å²) < 4.78 is 37.9. The van der Waals surface area contributed by atoms with Crippen molar-refractivity contribution in [2.24, 2.45) is 11.0 Å². The summed E-state index contributed by atoms with van der Waals surface area (Å²) in [6, 6.07) is 2.77. The van der Waals surface area contributed by atoms with Gasteiger partial charge >= 0.3 is 6.18 Å². The van der Waals surface area contributed by atoms with Gasteiger partial charge < -0.3 is 5.32 Å². The molecule has 1 amide bonds. The number of hydrogen-bond donors (Lipinski definition) is 1. The summed E-state index contributed by atoms with van der Waals surface area (Å²) in [4.78, 5) is 15.3. The van der Waals surface area contributed by atoms with Crippen LogP contribution in [0.1, 0.15) is 18.9 Å². The van der Waals surface area contributed by atoms with Crippen molar-refractivity contribution >= 4 is 29.5 Å². The van der Waals surface area contributed by atoms with E-state index in [9.17, 15) is 23.2 Å². The van der Waals surface area contributed by atoms with Gasteiger partial charge in [0.05, 0.1) is 22.2 Å². The molecule has 10 heteroatoms. The first-order chi connectivity index (χ1) is 11.6. The number of carbonyl (C=O) groups excluding carboxylic acids is 1. The van der Waals surface area contributed by atoms with E-state index in [2.05, 4.69) is 15.4 Å². The number of nitrogens with one attached hydrogen (secondary N) is 1. The highest BCUT2D eigenvalue weighted by Crippen LogP contribution is 2.33. The lowest BCUT2D eigenvalue weighted by atomic mass is 9.93. The summed E-state index contributed by atoms with van der Waals surface area (Å²) in [5, 5.41) is 16.8. The molecule has 1 aliphatic rings. The number of anilines is 1. The Balaban J connectivity index is 2.23. The van der Waals surface area contributed by atoms with E-state index in [0.717, 1.165) is 6.07 Å². The number of pyridine rings is 1. The van der Waals surface area contributed by atoms with Crippen LogP contribution in [0.4, 0.5) is 19.0 Å². The lowest BCUT2D eigenvalue weighted by molar-refractivity contribution is -0.137. The van der Waals surface area contributed by atoms with Gasteiger partial charge in [-0.2, -0.15) is 23.5 Å². The van der Waals surface area contributed by atoms with Crippen molar-refractivity contribution in [2.75, 3.05) is 12.1 Å². The number of hydrogen-bond acceptors (Lipinski definition) is 5. The molecule has 2 rings (SSSR count). The molecular weight excluding hydrogens is 359 g/mol. The third-order valence-corrected chi connectivity index (χ3v) is 3.78. The lowest BCUT2D eigenvalue weighted by Gasteiger charge is -2.21. The Morgan fingerprint density at radius 1 is 1.56 bits per heavy atom. The Morgan fingerprint density at radius 2 is 2.24 bits per heavy atom. The van der Waals surface area contributed by atoms with Crippen LogP contribution >= 0.6 is 11.6 Å². The van der Waals surface area contributed by atoms with Gasteiger partial charge in [0.2, 0.25) is 5.91 Å². The predicted molar refractivity (Wildman–Crippen MR) is 85.7 cm³/mol. The molecule has 1 N–H and O–H groups in total. The molecule has 0 bridgehead atoms. The van der Waals surface area contributed by atoms with E-state index in [1.54, 1.807) is 6.92 Å². The van der Waals surface area contributed by atoms with Crippen molar-refractivity contribution in [3.63, 3.8) is 0 Å². The second-order valence-electron chi connectivity index (χ2n) is 5.32. The van der Waals surface area contributed by atoms with Crippen molar-refractivity contribution in [1.29, 1.82) is 5.26 Å². The van der Waals surface area contributed by atoms with Gasteiger partial charge in [0.25, 0.3) is 0 Å². The number of aromatic nitrogens is 1. The van der Waals surface area contributed by atoms with Gasteiger partial charge in [-0.05, 0) is 13.0 Å². The maximum Gasteiger partial charge on any atom is 0.417 e. The molecule has 0 saturated carbocycles. The monoisotopic (exact) mass is 371 g/mol. The predicted octanol–water partition coefficient (Wildman–Crippen LogP) is 3.11. The Kier molecular flexibility index (Phi) is 5.33. The molecule has 0 fully saturated rings. The summed E-state index contributed by atoms with van der Waals surface area (Å²) in [5.74, 6) is -0.763. The van der Waals surface area contributed by atoms with Crippen LogP contribution in [0.15, 0.2) is 28.6 Å². The molecule has 0 saturated heterocycles. The van der Waals surface area contributed by atoms with E-state index in [1.165, 1.54) is 18.3 Å². The van der Waals surface area contributed by atoms with Gasteiger partial charge in [-0.3, -0.25) is 9.80 Å². The number of rotatable bonds is 3. The number of carbonyl (C=O) groups is 1. The fraction of sp³-hybridized carbons (Fsp3) is 0.333. The maximum atomic E-state index is 12.6. The van der Waals surface area contributed by atoms with Gasteiger partial charge in [0.15, 0.2) is 5.82 Å². The first-order valence-electron chi connectivity index (χ1n) is 7.04. The second kappa shape index (κ2) is 7.11. The normalized spacial score (nSPS) is 18.3.